The third-order valence-electron chi connectivity index (χ3n) is 6.10. The number of aromatic nitrogens is 4. The van der Waals surface area contributed by atoms with Crippen molar-refractivity contribution in [3.8, 4) is 11.1 Å². The van der Waals surface area contributed by atoms with Gasteiger partial charge in [-0.05, 0) is 60.7 Å². The quantitative estimate of drug-likeness (QED) is 0.508. The molecule has 0 unspecified atom stereocenters. The Bertz CT molecular complexity index is 1220. The first-order valence-corrected chi connectivity index (χ1v) is 10.8. The number of pyridine rings is 2. The lowest BCUT2D eigenvalue weighted by Crippen LogP contribution is -2.40. The second-order valence-electron chi connectivity index (χ2n) is 8.21. The highest BCUT2D eigenvalue weighted by atomic mass is 16.2. The second kappa shape index (κ2) is 8.30. The van der Waals surface area contributed by atoms with Crippen LogP contribution in [0.5, 0.6) is 0 Å². The molecule has 5 rings (SSSR count). The largest absolute Gasteiger partial charge is 0.342 e. The molecule has 0 N–H and O–H groups in total. The summed E-state index contributed by atoms with van der Waals surface area (Å²) in [5.74, 6) is 1.17. The lowest BCUT2D eigenvalue weighted by molar-refractivity contribution is -0.131. The van der Waals surface area contributed by atoms with Gasteiger partial charge in [-0.25, -0.2) is 9.50 Å². The van der Waals surface area contributed by atoms with E-state index in [1.165, 1.54) is 0 Å². The molecule has 0 aliphatic carbocycles. The Balaban J connectivity index is 1.34. The van der Waals surface area contributed by atoms with Crippen LogP contribution in [0.2, 0.25) is 0 Å². The van der Waals surface area contributed by atoms with E-state index in [0.717, 1.165) is 53.1 Å². The van der Waals surface area contributed by atoms with Crippen molar-refractivity contribution in [2.45, 2.75) is 32.1 Å². The Hall–Kier alpha value is -3.54. The molecule has 6 heteroatoms. The number of fused-ring (bicyclic) bond motifs is 1. The Morgan fingerprint density at radius 1 is 1.06 bits per heavy atom. The van der Waals surface area contributed by atoms with Crippen molar-refractivity contribution < 1.29 is 4.79 Å². The molecule has 0 bridgehead atoms. The van der Waals surface area contributed by atoms with Crippen LogP contribution in [0.15, 0.2) is 67.1 Å². The number of rotatable bonds is 4. The van der Waals surface area contributed by atoms with Crippen LogP contribution in [-0.2, 0) is 11.2 Å². The van der Waals surface area contributed by atoms with Gasteiger partial charge < -0.3 is 4.90 Å². The van der Waals surface area contributed by atoms with Gasteiger partial charge in [-0.15, -0.1) is 0 Å². The molecule has 156 valence electrons. The van der Waals surface area contributed by atoms with E-state index in [-0.39, 0.29) is 11.8 Å². The summed E-state index contributed by atoms with van der Waals surface area (Å²) in [5.41, 5.74) is 5.27. The summed E-state index contributed by atoms with van der Waals surface area (Å²) < 4.78 is 1.85. The molecule has 1 amide bonds. The topological polar surface area (TPSA) is 63.4 Å². The van der Waals surface area contributed by atoms with Gasteiger partial charge in [-0.2, -0.15) is 5.10 Å². The third kappa shape index (κ3) is 4.06. The molecule has 0 saturated carbocycles. The van der Waals surface area contributed by atoms with E-state index >= 15 is 0 Å². The first kappa shape index (κ1) is 19.4. The molecular weight excluding hydrogens is 386 g/mol. The fraction of sp³-hybridized carbons (Fsp3) is 0.280. The predicted molar refractivity (Wildman–Crippen MR) is 120 cm³/mol. The Labute approximate surface area is 181 Å². The van der Waals surface area contributed by atoms with Gasteiger partial charge in [-0.1, -0.05) is 24.3 Å². The van der Waals surface area contributed by atoms with E-state index < -0.39 is 0 Å². The number of piperidine rings is 1. The number of aryl methyl sites for hydroxylation is 1. The number of likely N-dealkylation sites (tertiary alicyclic amines) is 1. The van der Waals surface area contributed by atoms with Crippen molar-refractivity contribution in [2.75, 3.05) is 13.1 Å². The molecule has 4 aromatic rings. The third-order valence-corrected chi connectivity index (χ3v) is 6.10. The second-order valence-corrected chi connectivity index (χ2v) is 8.21. The zero-order valence-corrected chi connectivity index (χ0v) is 17.6. The molecule has 1 aliphatic heterocycles. The summed E-state index contributed by atoms with van der Waals surface area (Å²) in [7, 11) is 0. The normalized spacial score (nSPS) is 16.5. The van der Waals surface area contributed by atoms with E-state index in [1.54, 1.807) is 12.4 Å². The first-order valence-electron chi connectivity index (χ1n) is 10.8. The monoisotopic (exact) mass is 411 g/mol. The zero-order chi connectivity index (χ0) is 21.2. The number of carbonyl (C=O) groups excluding carboxylic acids is 1. The van der Waals surface area contributed by atoms with E-state index in [1.807, 2.05) is 52.0 Å². The highest BCUT2D eigenvalue weighted by Gasteiger charge is 2.27. The highest BCUT2D eigenvalue weighted by molar-refractivity contribution is 5.79. The lowest BCUT2D eigenvalue weighted by Gasteiger charge is -2.31. The van der Waals surface area contributed by atoms with Gasteiger partial charge in [0.25, 0.3) is 0 Å². The van der Waals surface area contributed by atoms with Gasteiger partial charge in [0.2, 0.25) is 5.91 Å². The minimum Gasteiger partial charge on any atom is -0.342 e. The van der Waals surface area contributed by atoms with Crippen LogP contribution >= 0.6 is 0 Å². The van der Waals surface area contributed by atoms with Crippen LogP contribution in [0, 0.1) is 6.92 Å². The minimum atomic E-state index is 0.166. The SMILES string of the molecule is Cc1ccccc1CC(=O)N1CCC[C@@H](c2nc3ccc(-c4ccncc4)cn3n2)C1. The van der Waals surface area contributed by atoms with E-state index in [2.05, 4.69) is 24.0 Å². The van der Waals surface area contributed by atoms with Gasteiger partial charge in [0, 0.05) is 43.2 Å². The minimum absolute atomic E-state index is 0.166. The average Bonchev–Trinajstić information content (AvgIpc) is 3.25. The van der Waals surface area contributed by atoms with Gasteiger partial charge in [0.05, 0.1) is 6.42 Å². The summed E-state index contributed by atoms with van der Waals surface area (Å²) in [6, 6.07) is 16.1. The molecule has 31 heavy (non-hydrogen) atoms. The summed E-state index contributed by atoms with van der Waals surface area (Å²) in [4.78, 5) is 23.8. The van der Waals surface area contributed by atoms with Crippen molar-refractivity contribution in [3.05, 3.63) is 84.1 Å². The molecule has 0 radical (unpaired) electrons. The van der Waals surface area contributed by atoms with Crippen molar-refractivity contribution in [3.63, 3.8) is 0 Å². The van der Waals surface area contributed by atoms with Crippen LogP contribution in [0.25, 0.3) is 16.8 Å². The van der Waals surface area contributed by atoms with E-state index in [9.17, 15) is 4.79 Å². The van der Waals surface area contributed by atoms with E-state index in [0.29, 0.717) is 13.0 Å². The predicted octanol–water partition coefficient (Wildman–Crippen LogP) is 4.05. The standard InChI is InChI=1S/C25H25N5O/c1-18-5-2-3-6-20(18)15-24(31)29-14-4-7-22(16-29)25-27-23-9-8-21(17-30(23)28-25)19-10-12-26-13-11-19/h2-3,5-6,8-13,17,22H,4,7,14-16H2,1H3/t22-/m1/s1. The molecule has 3 aromatic heterocycles. The molecule has 1 atom stereocenters. The van der Waals surface area contributed by atoms with Crippen LogP contribution in [0.1, 0.15) is 35.7 Å². The fourth-order valence-corrected chi connectivity index (χ4v) is 4.29. The highest BCUT2D eigenvalue weighted by Crippen LogP contribution is 2.26. The number of benzene rings is 1. The molecule has 4 heterocycles. The van der Waals surface area contributed by atoms with Crippen molar-refractivity contribution in [2.24, 2.45) is 0 Å². The van der Waals surface area contributed by atoms with Crippen LogP contribution in [0.4, 0.5) is 0 Å². The summed E-state index contributed by atoms with van der Waals surface area (Å²) in [5, 5.41) is 4.77. The Kier molecular flexibility index (Phi) is 5.20. The zero-order valence-electron chi connectivity index (χ0n) is 17.6. The summed E-state index contributed by atoms with van der Waals surface area (Å²) in [6.45, 7) is 3.54. The van der Waals surface area contributed by atoms with Crippen molar-refractivity contribution in [1.29, 1.82) is 0 Å². The average molecular weight is 412 g/mol. The fourth-order valence-electron chi connectivity index (χ4n) is 4.29. The molecular formula is C25H25N5O. The smallest absolute Gasteiger partial charge is 0.227 e. The van der Waals surface area contributed by atoms with Crippen LogP contribution < -0.4 is 0 Å². The van der Waals surface area contributed by atoms with Gasteiger partial charge >= 0.3 is 0 Å². The number of carbonyl (C=O) groups is 1. The number of hydrogen-bond acceptors (Lipinski definition) is 4. The molecule has 1 fully saturated rings. The van der Waals surface area contributed by atoms with Gasteiger partial charge in [-0.3, -0.25) is 9.78 Å². The van der Waals surface area contributed by atoms with Gasteiger partial charge in [0.1, 0.15) is 0 Å². The van der Waals surface area contributed by atoms with Gasteiger partial charge in [0.15, 0.2) is 11.5 Å². The van der Waals surface area contributed by atoms with Crippen LogP contribution in [0.3, 0.4) is 0 Å². The van der Waals surface area contributed by atoms with Crippen LogP contribution in [-0.4, -0.2) is 43.5 Å². The molecule has 6 nitrogen and oxygen atoms in total. The maximum absolute atomic E-state index is 12.9. The first-order chi connectivity index (χ1) is 15.2. The van der Waals surface area contributed by atoms with E-state index in [4.69, 9.17) is 10.1 Å². The maximum atomic E-state index is 12.9. The van der Waals surface area contributed by atoms with Crippen molar-refractivity contribution in [1.82, 2.24) is 24.5 Å². The molecule has 0 spiro atoms. The Morgan fingerprint density at radius 3 is 2.74 bits per heavy atom. The molecule has 1 aliphatic rings. The maximum Gasteiger partial charge on any atom is 0.227 e. The summed E-state index contributed by atoms with van der Waals surface area (Å²) in [6.07, 6.45) is 8.01. The number of amides is 1. The molecule has 1 aromatic carbocycles. The number of hydrogen-bond donors (Lipinski definition) is 0. The lowest BCUT2D eigenvalue weighted by atomic mass is 9.96. The number of nitrogens with zero attached hydrogens (tertiary/aromatic N) is 5. The molecule has 1 saturated heterocycles. The summed E-state index contributed by atoms with van der Waals surface area (Å²) >= 11 is 0. The van der Waals surface area contributed by atoms with Crippen molar-refractivity contribution >= 4 is 11.6 Å². The Morgan fingerprint density at radius 2 is 1.90 bits per heavy atom.